The van der Waals surface area contributed by atoms with Crippen LogP contribution in [0.1, 0.15) is 41.0 Å². The third-order valence-corrected chi connectivity index (χ3v) is 12.9. The topological polar surface area (TPSA) is 290 Å². The van der Waals surface area contributed by atoms with Crippen molar-refractivity contribution < 1.29 is 94.6 Å². The van der Waals surface area contributed by atoms with Gasteiger partial charge in [-0.25, -0.2) is 0 Å². The van der Waals surface area contributed by atoms with Crippen LogP contribution in [0.3, 0.4) is 0 Å². The van der Waals surface area contributed by atoms with E-state index in [1.54, 1.807) is 131 Å². The minimum Gasteiger partial charge on any atom is -0.512 e. The van der Waals surface area contributed by atoms with Gasteiger partial charge < -0.3 is 117 Å². The van der Waals surface area contributed by atoms with Gasteiger partial charge in [0.2, 0.25) is 0 Å². The molecule has 1 heterocycles. The molecule has 1 saturated heterocycles. The normalized spacial score (nSPS) is 11.6. The summed E-state index contributed by atoms with van der Waals surface area (Å²) in [6.45, 7) is 63.2. The molecule has 1 unspecified atom stereocenters. The van der Waals surface area contributed by atoms with Crippen molar-refractivity contribution in [3.8, 4) is 0 Å². The first-order valence-electron chi connectivity index (χ1n) is 34.2. The number of allylic oxidation sites excluding steroid dienone is 4. The number of nitrogens with zero attached hydrogens (tertiary/aromatic N) is 4. The third-order valence-electron chi connectivity index (χ3n) is 10.1. The van der Waals surface area contributed by atoms with Crippen LogP contribution < -0.4 is 16.0 Å². The maximum atomic E-state index is 10.7. The number of likely N-dealkylation sites (N-methyl/N-ethyl adjacent to an activating group) is 4. The van der Waals surface area contributed by atoms with Crippen LogP contribution in [0, 0.1) is 0 Å². The summed E-state index contributed by atoms with van der Waals surface area (Å²) < 4.78 is 99.6. The van der Waals surface area contributed by atoms with Gasteiger partial charge in [-0.05, 0) is 120 Å². The van der Waals surface area contributed by atoms with Crippen molar-refractivity contribution in [3.63, 3.8) is 0 Å². The maximum absolute atomic E-state index is 10.7. The van der Waals surface area contributed by atoms with Gasteiger partial charge >= 0.3 is 0 Å². The van der Waals surface area contributed by atoms with Crippen LogP contribution in [-0.2, 0) is 92.5 Å². The predicted molar refractivity (Wildman–Crippen MR) is 464 cm³/mol. The molecule has 0 aromatic rings. The van der Waals surface area contributed by atoms with Crippen LogP contribution >= 0.6 is 18.9 Å². The Balaban J connectivity index is -0.0000000936. The number of hydrogen-bond acceptors (Lipinski definition) is 28. The van der Waals surface area contributed by atoms with Crippen molar-refractivity contribution in [2.75, 3.05) is 296 Å². The third kappa shape index (κ3) is 170. The highest BCUT2D eigenvalue weighted by Crippen LogP contribution is 2.34. The minimum atomic E-state index is -1.89. The van der Waals surface area contributed by atoms with Crippen LogP contribution in [0.2, 0.25) is 0 Å². The quantitative estimate of drug-likeness (QED) is 0.0143. The second-order valence-electron chi connectivity index (χ2n) is 23.1. The van der Waals surface area contributed by atoms with Gasteiger partial charge in [0.25, 0.3) is 0 Å². The minimum absolute atomic E-state index is 0.0671. The van der Waals surface area contributed by atoms with Gasteiger partial charge in [0, 0.05) is 180 Å². The molecule has 1 aliphatic heterocycles. The van der Waals surface area contributed by atoms with Gasteiger partial charge in [-0.2, -0.15) is 11.8 Å². The molecular weight excluding hydrogens is 1470 g/mol. The standard InChI is InChI=1S/C10H19NO3.2C9H19NO2.C8H18N2O.C6H13NO.C5H11NO.C5H10O2.C5H8O.C4H11O2P.C4H8O2.3C4H8OS/c1-10(9-12-2)14-8-5-11-3-6-13-7-4-11;1-8(6-10(3)4)12-9(2)7-11-5;1-9(8-11-4)12-7-5-6-10(2)3;1-8(7-11-4)9-5-6-10(2)3;1-4-7-6(2)5-8-3;1-5(6-2)4-7-3;1-5(7-3)4-6-2;1-3-4-5(2)6;1-6-4-7(2,3)5;2*1-4(5)3-6-2;2*1-3-4-6(2)5/h1,3-9H2,2H3;8H,2,6-7H2,1,3-5H3;1,5-8H2,2-4H3;9H,1,5-7H2,2-4H3;7H,2,4-5H2,1,3H3;6H,1,4H2,2-3H3;1,4H2,2-3H3;3-4,6H,2H2,1H3;4H2,1-3H3;2*5H,1,3H2,2H3;2*3-4H,1-2H3/b;;;;;;;4-3+;;;;2*4-3+/t;;;;;;;;;;;2*6-/m...........10/s1. The van der Waals surface area contributed by atoms with Crippen molar-refractivity contribution in [2.45, 2.75) is 47.1 Å². The van der Waals surface area contributed by atoms with E-state index in [-0.39, 0.29) is 30.0 Å². The van der Waals surface area contributed by atoms with Crippen molar-refractivity contribution >= 4 is 40.5 Å². The van der Waals surface area contributed by atoms with Crippen molar-refractivity contribution in [1.82, 2.24) is 35.6 Å². The summed E-state index contributed by atoms with van der Waals surface area (Å²) in [4.78, 5) is 8.64. The summed E-state index contributed by atoms with van der Waals surface area (Å²) in [5.41, 5.74) is 2.78. The summed E-state index contributed by atoms with van der Waals surface area (Å²) in [7, 11) is 26.7. The zero-order chi connectivity index (χ0) is 86.5. The van der Waals surface area contributed by atoms with Crippen molar-refractivity contribution in [3.05, 3.63) is 158 Å². The highest BCUT2D eigenvalue weighted by Gasteiger charge is 2.10. The lowest BCUT2D eigenvalue weighted by molar-refractivity contribution is 0.0249. The van der Waals surface area contributed by atoms with Gasteiger partial charge in [-0.15, -0.1) is 0 Å². The molecule has 1 fully saturated rings. The molecular formula is C77H160N7O20PS3. The van der Waals surface area contributed by atoms with Crippen LogP contribution in [0.5, 0.6) is 0 Å². The number of ether oxygens (including phenoxy) is 14. The second-order valence-corrected chi connectivity index (χ2v) is 29.9. The van der Waals surface area contributed by atoms with E-state index < -0.39 is 28.7 Å². The molecule has 646 valence electrons. The van der Waals surface area contributed by atoms with E-state index in [0.29, 0.717) is 88.0 Å². The number of morpholine rings is 1. The van der Waals surface area contributed by atoms with Crippen LogP contribution in [0.15, 0.2) is 158 Å². The first-order valence-corrected chi connectivity index (χ1v) is 41.7. The Morgan fingerprint density at radius 1 is 0.574 bits per heavy atom. The van der Waals surface area contributed by atoms with E-state index in [1.807, 2.05) is 90.2 Å². The lowest BCUT2D eigenvalue weighted by Crippen LogP contribution is -2.38. The Morgan fingerprint density at radius 3 is 1.23 bits per heavy atom. The number of hydrogen-bond donors (Lipinski definition) is 6. The Bertz CT molecular complexity index is 2180. The molecule has 27 nitrogen and oxygen atoms in total. The van der Waals surface area contributed by atoms with Crippen LogP contribution in [0.25, 0.3) is 0 Å². The number of aliphatic hydroxyl groups excluding tert-OH is 3. The largest absolute Gasteiger partial charge is 0.512 e. The molecule has 0 bridgehead atoms. The van der Waals surface area contributed by atoms with E-state index in [4.69, 9.17) is 62.7 Å². The summed E-state index contributed by atoms with van der Waals surface area (Å²) in [5, 5.41) is 37.1. The molecule has 31 heteroatoms. The first-order chi connectivity index (χ1) is 50.5. The summed E-state index contributed by atoms with van der Waals surface area (Å²) in [5.74, 6) is 3.82. The Kier molecular flexibility index (Phi) is 127. The second kappa shape index (κ2) is 106. The fourth-order valence-corrected chi connectivity index (χ4v) is 7.74. The highest BCUT2D eigenvalue weighted by atomic mass is 32.2. The van der Waals surface area contributed by atoms with Crippen LogP contribution in [0.4, 0.5) is 0 Å². The molecule has 6 N–H and O–H groups in total. The lowest BCUT2D eigenvalue weighted by atomic mass is 10.4. The molecule has 0 aromatic heterocycles. The molecule has 1 aliphatic rings. The molecule has 3 atom stereocenters. The Labute approximate surface area is 668 Å². The summed E-state index contributed by atoms with van der Waals surface area (Å²) in [6, 6.07) is 0. The molecule has 0 aliphatic carbocycles. The summed E-state index contributed by atoms with van der Waals surface area (Å²) >= 11 is 1.56. The monoisotopic (exact) mass is 1630 g/mol. The molecule has 0 spiro atoms. The number of thioether (sulfide) groups is 1. The van der Waals surface area contributed by atoms with E-state index >= 15 is 0 Å². The first kappa shape index (κ1) is 129. The maximum Gasteiger partial charge on any atom is 0.115 e. The van der Waals surface area contributed by atoms with E-state index in [1.165, 1.54) is 13.2 Å². The number of rotatable bonds is 44. The average molecular weight is 1630 g/mol. The predicted octanol–water partition coefficient (Wildman–Crippen LogP) is 11.7. The SMILES string of the molecule is C/C=C/[S@@](C)=O.C/C=C/[S@](C)=O.C=C(COC)NC.C=C(COC)NCC.C=C(COC)NCCN(C)C.C=C(COC)OC.C=C(COC)OC(C)CN(C)C.C=C(COC)OCCCN(C)C.C=C(COC)OCCN1CCOCC1.C=C(O)/C=C/C.C=C(O)COC.C=C(O)CSC.COCP(C)(C)=O. The average Bonchev–Trinajstić information content (AvgIpc) is 0.966. The number of nitrogens with one attached hydrogen (secondary N) is 3. The van der Waals surface area contributed by atoms with E-state index in [9.17, 15) is 13.0 Å². The van der Waals surface area contributed by atoms with Crippen molar-refractivity contribution in [1.29, 1.82) is 0 Å². The van der Waals surface area contributed by atoms with Crippen LogP contribution in [-0.4, -0.2) is 346 Å². The molecule has 108 heavy (non-hydrogen) atoms. The molecule has 1 rings (SSSR count). The fourth-order valence-electron chi connectivity index (χ4n) is 6.02. The van der Waals surface area contributed by atoms with E-state index in [0.717, 1.165) is 95.7 Å². The van der Waals surface area contributed by atoms with Gasteiger partial charge in [-0.3, -0.25) is 13.3 Å². The Morgan fingerprint density at radius 2 is 0.981 bits per heavy atom. The highest BCUT2D eigenvalue weighted by molar-refractivity contribution is 7.98. The van der Waals surface area contributed by atoms with Crippen molar-refractivity contribution in [2.24, 2.45) is 0 Å². The molecule has 0 radical (unpaired) electrons. The van der Waals surface area contributed by atoms with Gasteiger partial charge in [0.05, 0.1) is 58.9 Å². The zero-order valence-electron chi connectivity index (χ0n) is 72.6. The number of aliphatic hydroxyl groups is 3. The van der Waals surface area contributed by atoms with Gasteiger partial charge in [0.1, 0.15) is 87.4 Å². The summed E-state index contributed by atoms with van der Waals surface area (Å²) in [6.07, 6.45) is 13.6. The molecule has 0 saturated carbocycles. The molecule has 0 aromatic carbocycles. The van der Waals surface area contributed by atoms with Gasteiger partial charge in [-0.1, -0.05) is 84.0 Å². The van der Waals surface area contributed by atoms with E-state index in [2.05, 4.69) is 120 Å². The lowest BCUT2D eigenvalue weighted by Gasteiger charge is -2.26. The molecule has 0 amide bonds. The fraction of sp³-hybridized carbons (Fsp3) is 0.662. The number of methoxy groups -OCH3 is 10. The Hall–Kier alpha value is -5.06. The zero-order valence-corrected chi connectivity index (χ0v) is 76.0. The smallest absolute Gasteiger partial charge is 0.115 e. The van der Waals surface area contributed by atoms with Gasteiger partial charge in [0.15, 0.2) is 0 Å².